The Morgan fingerprint density at radius 2 is 1.93 bits per heavy atom. The highest BCUT2D eigenvalue weighted by atomic mass is 16.5. The van der Waals surface area contributed by atoms with Crippen LogP contribution in [0.15, 0.2) is 0 Å². The topological polar surface area (TPSA) is 46.6 Å². The van der Waals surface area contributed by atoms with Gasteiger partial charge in [-0.25, -0.2) is 0 Å². The third-order valence-electron chi connectivity index (χ3n) is 2.61. The highest BCUT2D eigenvalue weighted by Gasteiger charge is 2.30. The van der Waals surface area contributed by atoms with Crippen molar-refractivity contribution >= 4 is 11.9 Å². The van der Waals surface area contributed by atoms with Crippen molar-refractivity contribution in [2.45, 2.75) is 26.2 Å². The van der Waals surface area contributed by atoms with Gasteiger partial charge in [0.05, 0.1) is 7.11 Å². The Kier molecular flexibility index (Phi) is 3.92. The number of carbonyl (C=O) groups is 2. The van der Waals surface area contributed by atoms with Gasteiger partial charge in [0.1, 0.15) is 5.92 Å². The molecule has 1 amide bonds. The van der Waals surface area contributed by atoms with Crippen molar-refractivity contribution in [3.8, 4) is 0 Å². The Labute approximate surface area is 84.2 Å². The van der Waals surface area contributed by atoms with E-state index in [2.05, 4.69) is 4.74 Å². The molecule has 1 aliphatic rings. The molecule has 0 aliphatic carbocycles. The Balaban J connectivity index is 2.59. The zero-order valence-electron chi connectivity index (χ0n) is 8.78. The van der Waals surface area contributed by atoms with Crippen LogP contribution >= 0.6 is 0 Å². The Morgan fingerprint density at radius 1 is 1.36 bits per heavy atom. The molecule has 4 nitrogen and oxygen atoms in total. The van der Waals surface area contributed by atoms with Gasteiger partial charge >= 0.3 is 5.97 Å². The lowest BCUT2D eigenvalue weighted by atomic mass is 10.1. The van der Waals surface area contributed by atoms with Crippen molar-refractivity contribution in [3.63, 3.8) is 0 Å². The van der Waals surface area contributed by atoms with E-state index >= 15 is 0 Å². The van der Waals surface area contributed by atoms with Gasteiger partial charge in [0.2, 0.25) is 5.91 Å². The second kappa shape index (κ2) is 4.98. The summed E-state index contributed by atoms with van der Waals surface area (Å²) in [5.74, 6) is -1.08. The average Bonchev–Trinajstić information content (AvgIpc) is 2.71. The SMILES string of the molecule is CCC(C(=O)OC)C(=O)N1CCCC1. The smallest absolute Gasteiger partial charge is 0.318 e. The Bertz CT molecular complexity index is 221. The summed E-state index contributed by atoms with van der Waals surface area (Å²) in [6.07, 6.45) is 2.61. The van der Waals surface area contributed by atoms with E-state index in [9.17, 15) is 9.59 Å². The number of esters is 1. The fraction of sp³-hybridized carbons (Fsp3) is 0.800. The van der Waals surface area contributed by atoms with Crippen molar-refractivity contribution in [1.82, 2.24) is 4.90 Å². The molecule has 14 heavy (non-hydrogen) atoms. The molecule has 1 heterocycles. The molecular formula is C10H17NO3. The first kappa shape index (κ1) is 11.0. The van der Waals surface area contributed by atoms with Gasteiger partial charge < -0.3 is 9.64 Å². The molecule has 4 heteroatoms. The highest BCUT2D eigenvalue weighted by molar-refractivity contribution is 5.97. The molecule has 1 saturated heterocycles. The highest BCUT2D eigenvalue weighted by Crippen LogP contribution is 2.15. The van der Waals surface area contributed by atoms with E-state index in [0.29, 0.717) is 6.42 Å². The van der Waals surface area contributed by atoms with Crippen LogP contribution in [0.2, 0.25) is 0 Å². The number of methoxy groups -OCH3 is 1. The molecule has 80 valence electrons. The second-order valence-electron chi connectivity index (χ2n) is 3.52. The number of ether oxygens (including phenoxy) is 1. The molecular weight excluding hydrogens is 182 g/mol. The van der Waals surface area contributed by atoms with Gasteiger partial charge in [0.25, 0.3) is 0 Å². The molecule has 0 aromatic carbocycles. The summed E-state index contributed by atoms with van der Waals surface area (Å²) in [4.78, 5) is 24.8. The summed E-state index contributed by atoms with van der Waals surface area (Å²) in [6.45, 7) is 3.40. The molecule has 0 aromatic heterocycles. The van der Waals surface area contributed by atoms with E-state index in [4.69, 9.17) is 0 Å². The number of hydrogen-bond acceptors (Lipinski definition) is 3. The molecule has 0 N–H and O–H groups in total. The number of nitrogens with zero attached hydrogens (tertiary/aromatic N) is 1. The van der Waals surface area contributed by atoms with Crippen LogP contribution in [-0.2, 0) is 14.3 Å². The number of rotatable bonds is 3. The van der Waals surface area contributed by atoms with Crippen LogP contribution < -0.4 is 0 Å². The lowest BCUT2D eigenvalue weighted by Crippen LogP contribution is -2.37. The first-order valence-electron chi connectivity index (χ1n) is 5.07. The normalized spacial score (nSPS) is 18.0. The van der Waals surface area contributed by atoms with E-state index in [-0.39, 0.29) is 5.91 Å². The van der Waals surface area contributed by atoms with Gasteiger partial charge in [-0.1, -0.05) is 6.92 Å². The molecule has 1 rings (SSSR count). The fourth-order valence-corrected chi connectivity index (χ4v) is 1.74. The van der Waals surface area contributed by atoms with E-state index in [1.165, 1.54) is 7.11 Å². The molecule has 0 radical (unpaired) electrons. The second-order valence-corrected chi connectivity index (χ2v) is 3.52. The van der Waals surface area contributed by atoms with E-state index in [0.717, 1.165) is 25.9 Å². The summed E-state index contributed by atoms with van der Waals surface area (Å²) >= 11 is 0. The maximum atomic E-state index is 11.8. The van der Waals surface area contributed by atoms with Gasteiger partial charge in [0, 0.05) is 13.1 Å². The van der Waals surface area contributed by atoms with Crippen LogP contribution in [0.5, 0.6) is 0 Å². The van der Waals surface area contributed by atoms with E-state index in [1.807, 2.05) is 6.92 Å². The summed E-state index contributed by atoms with van der Waals surface area (Å²) in [6, 6.07) is 0. The summed E-state index contributed by atoms with van der Waals surface area (Å²) < 4.78 is 4.60. The molecule has 1 atom stereocenters. The van der Waals surface area contributed by atoms with E-state index in [1.54, 1.807) is 4.90 Å². The molecule has 1 unspecified atom stereocenters. The maximum absolute atomic E-state index is 11.8. The largest absolute Gasteiger partial charge is 0.468 e. The third kappa shape index (κ3) is 2.25. The standard InChI is InChI=1S/C10H17NO3/c1-3-8(10(13)14-2)9(12)11-6-4-5-7-11/h8H,3-7H2,1-2H3. The Morgan fingerprint density at radius 3 is 2.36 bits per heavy atom. The van der Waals surface area contributed by atoms with Crippen LogP contribution in [0.3, 0.4) is 0 Å². The van der Waals surface area contributed by atoms with Gasteiger partial charge in [0.15, 0.2) is 0 Å². The van der Waals surface area contributed by atoms with E-state index < -0.39 is 11.9 Å². The van der Waals surface area contributed by atoms with Crippen molar-refractivity contribution in [1.29, 1.82) is 0 Å². The molecule has 1 aliphatic heterocycles. The van der Waals surface area contributed by atoms with Crippen molar-refractivity contribution in [3.05, 3.63) is 0 Å². The minimum Gasteiger partial charge on any atom is -0.468 e. The number of hydrogen-bond donors (Lipinski definition) is 0. The Hall–Kier alpha value is -1.06. The zero-order valence-corrected chi connectivity index (χ0v) is 8.78. The van der Waals surface area contributed by atoms with Gasteiger partial charge in [-0.2, -0.15) is 0 Å². The van der Waals surface area contributed by atoms with Crippen molar-refractivity contribution < 1.29 is 14.3 Å². The zero-order chi connectivity index (χ0) is 10.6. The maximum Gasteiger partial charge on any atom is 0.318 e. The van der Waals surface area contributed by atoms with Crippen LogP contribution in [-0.4, -0.2) is 37.0 Å². The lowest BCUT2D eigenvalue weighted by molar-refractivity contribution is -0.153. The quantitative estimate of drug-likeness (QED) is 0.499. The van der Waals surface area contributed by atoms with Gasteiger partial charge in [-0.05, 0) is 19.3 Å². The average molecular weight is 199 g/mol. The monoisotopic (exact) mass is 199 g/mol. The van der Waals surface area contributed by atoms with Crippen molar-refractivity contribution in [2.24, 2.45) is 5.92 Å². The predicted molar refractivity (Wildman–Crippen MR) is 51.6 cm³/mol. The number of amides is 1. The fourth-order valence-electron chi connectivity index (χ4n) is 1.74. The number of carbonyl (C=O) groups excluding carboxylic acids is 2. The van der Waals surface area contributed by atoms with Crippen LogP contribution in [0.25, 0.3) is 0 Å². The van der Waals surface area contributed by atoms with Gasteiger partial charge in [-0.15, -0.1) is 0 Å². The summed E-state index contributed by atoms with van der Waals surface area (Å²) in [5.41, 5.74) is 0. The first-order valence-corrected chi connectivity index (χ1v) is 5.07. The van der Waals surface area contributed by atoms with Crippen LogP contribution in [0, 0.1) is 5.92 Å². The van der Waals surface area contributed by atoms with Gasteiger partial charge in [-0.3, -0.25) is 9.59 Å². The summed E-state index contributed by atoms with van der Waals surface area (Å²) in [7, 11) is 1.32. The molecule has 0 bridgehead atoms. The first-order chi connectivity index (χ1) is 6.70. The minimum absolute atomic E-state index is 0.0724. The molecule has 0 saturated carbocycles. The van der Waals surface area contributed by atoms with Crippen LogP contribution in [0.1, 0.15) is 26.2 Å². The summed E-state index contributed by atoms with van der Waals surface area (Å²) in [5, 5.41) is 0. The van der Waals surface area contributed by atoms with Crippen LogP contribution in [0.4, 0.5) is 0 Å². The molecule has 0 aromatic rings. The number of likely N-dealkylation sites (tertiary alicyclic amines) is 1. The lowest BCUT2D eigenvalue weighted by Gasteiger charge is -2.20. The molecule has 1 fully saturated rings. The van der Waals surface area contributed by atoms with Crippen molar-refractivity contribution in [2.75, 3.05) is 20.2 Å². The third-order valence-corrected chi connectivity index (χ3v) is 2.61. The minimum atomic E-state index is -0.599. The molecule has 0 spiro atoms. The predicted octanol–water partition coefficient (Wildman–Crippen LogP) is 0.808.